The van der Waals surface area contributed by atoms with E-state index in [1.807, 2.05) is 26.8 Å². The summed E-state index contributed by atoms with van der Waals surface area (Å²) >= 11 is 5.10. The zero-order valence-corrected chi connectivity index (χ0v) is 18.0. The summed E-state index contributed by atoms with van der Waals surface area (Å²) in [6, 6.07) is 6.35. The van der Waals surface area contributed by atoms with Crippen LogP contribution < -0.4 is 5.32 Å². The number of nitrogens with zero attached hydrogens (tertiary/aromatic N) is 2. The Kier molecular flexibility index (Phi) is 6.10. The number of hydrogen-bond donors (Lipinski definition) is 2. The van der Waals surface area contributed by atoms with Gasteiger partial charge in [0, 0.05) is 20.6 Å². The van der Waals surface area contributed by atoms with Crippen LogP contribution in [0.15, 0.2) is 28.7 Å². The van der Waals surface area contributed by atoms with Crippen LogP contribution in [0.2, 0.25) is 0 Å². The number of aryl methyl sites for hydroxylation is 2. The highest BCUT2D eigenvalue weighted by Gasteiger charge is 2.16. The molecule has 0 unspecified atom stereocenters. The highest BCUT2D eigenvalue weighted by atomic mass is 79.9. The first kappa shape index (κ1) is 20.4. The number of nitrogens with one attached hydrogen (secondary N) is 1. The van der Waals surface area contributed by atoms with E-state index in [1.54, 1.807) is 17.4 Å². The smallest absolute Gasteiger partial charge is 0.307 e. The molecule has 0 aliphatic carbocycles. The monoisotopic (exact) mass is 463 g/mol. The topological polar surface area (TPSA) is 75.1 Å². The molecule has 3 aromatic rings. The molecule has 3 rings (SSSR count). The number of aromatic nitrogens is 2. The number of anilines is 2. The van der Waals surface area contributed by atoms with Crippen molar-refractivity contribution in [2.45, 2.75) is 33.6 Å². The fraction of sp³-hybridized carbons (Fsp3) is 0.250. The summed E-state index contributed by atoms with van der Waals surface area (Å²) < 4.78 is 15.5. The van der Waals surface area contributed by atoms with Crippen LogP contribution in [0.5, 0.6) is 0 Å². The number of hydrogen-bond acceptors (Lipinski definition) is 5. The largest absolute Gasteiger partial charge is 0.481 e. The highest BCUT2D eigenvalue weighted by Crippen LogP contribution is 2.34. The van der Waals surface area contributed by atoms with E-state index in [0.29, 0.717) is 23.6 Å². The van der Waals surface area contributed by atoms with Gasteiger partial charge in [-0.2, -0.15) is 0 Å². The second-order valence-corrected chi connectivity index (χ2v) is 8.45. The molecule has 0 saturated heterocycles. The summed E-state index contributed by atoms with van der Waals surface area (Å²) in [5, 5.41) is 11.9. The normalized spacial score (nSPS) is 10.9. The van der Waals surface area contributed by atoms with Crippen LogP contribution in [-0.2, 0) is 17.6 Å². The number of carboxylic acids is 1. The van der Waals surface area contributed by atoms with Gasteiger partial charge in [-0.25, -0.2) is 14.4 Å². The summed E-state index contributed by atoms with van der Waals surface area (Å²) in [5.74, 6) is -0.383. The molecule has 1 aromatic carbocycles. The van der Waals surface area contributed by atoms with Gasteiger partial charge >= 0.3 is 5.97 Å². The average Bonchev–Trinajstić information content (AvgIpc) is 2.95. The molecule has 2 aromatic heterocycles. The van der Waals surface area contributed by atoms with Gasteiger partial charge in [-0.3, -0.25) is 4.79 Å². The molecular formula is C20H19BrFN3O2S. The lowest BCUT2D eigenvalue weighted by Gasteiger charge is -2.14. The van der Waals surface area contributed by atoms with Gasteiger partial charge in [0.05, 0.1) is 17.0 Å². The average molecular weight is 464 g/mol. The van der Waals surface area contributed by atoms with Gasteiger partial charge in [-0.1, -0.05) is 13.0 Å². The van der Waals surface area contributed by atoms with Crippen molar-refractivity contribution in [3.8, 4) is 10.7 Å². The Balaban J connectivity index is 2.00. The van der Waals surface area contributed by atoms with Crippen LogP contribution >= 0.6 is 27.3 Å². The number of benzene rings is 1. The molecule has 0 fully saturated rings. The molecule has 5 nitrogen and oxygen atoms in total. The van der Waals surface area contributed by atoms with Crippen molar-refractivity contribution in [3.63, 3.8) is 0 Å². The lowest BCUT2D eigenvalue weighted by Crippen LogP contribution is -2.06. The Bertz CT molecular complexity index is 1030. The number of halogens is 2. The fourth-order valence-electron chi connectivity index (χ4n) is 2.88. The minimum Gasteiger partial charge on any atom is -0.481 e. The third-order valence-electron chi connectivity index (χ3n) is 4.29. The highest BCUT2D eigenvalue weighted by molar-refractivity contribution is 9.10. The second kappa shape index (κ2) is 8.36. The van der Waals surface area contributed by atoms with Gasteiger partial charge in [0.15, 0.2) is 5.82 Å². The summed E-state index contributed by atoms with van der Waals surface area (Å²) in [4.78, 5) is 22.1. The predicted molar refractivity (Wildman–Crippen MR) is 113 cm³/mol. The predicted octanol–water partition coefficient (Wildman–Crippen LogP) is 5.66. The first-order chi connectivity index (χ1) is 13.3. The molecule has 0 aliphatic rings. The van der Waals surface area contributed by atoms with Gasteiger partial charge in [-0.05, 0) is 60.0 Å². The molecule has 0 saturated carbocycles. The maximum absolute atomic E-state index is 14.5. The Hall–Kier alpha value is -2.32. The van der Waals surface area contributed by atoms with E-state index in [0.717, 1.165) is 25.5 Å². The molecule has 0 aliphatic heterocycles. The van der Waals surface area contributed by atoms with E-state index < -0.39 is 11.8 Å². The van der Waals surface area contributed by atoms with Crippen molar-refractivity contribution in [2.75, 3.05) is 5.32 Å². The number of aliphatic carboxylic acids is 1. The van der Waals surface area contributed by atoms with Crippen LogP contribution in [0.4, 0.5) is 15.9 Å². The van der Waals surface area contributed by atoms with Crippen LogP contribution in [0.25, 0.3) is 10.7 Å². The minimum atomic E-state index is -0.998. The van der Waals surface area contributed by atoms with Crippen molar-refractivity contribution in [3.05, 3.63) is 56.3 Å². The Morgan fingerprint density at radius 2 is 2.04 bits per heavy atom. The second-order valence-electron chi connectivity index (χ2n) is 6.34. The third kappa shape index (κ3) is 4.39. The van der Waals surface area contributed by atoms with E-state index in [2.05, 4.69) is 31.2 Å². The van der Waals surface area contributed by atoms with E-state index in [9.17, 15) is 9.18 Å². The van der Waals surface area contributed by atoms with Crippen molar-refractivity contribution >= 4 is 44.7 Å². The summed E-state index contributed by atoms with van der Waals surface area (Å²) in [5.41, 5.74) is 2.39. The van der Waals surface area contributed by atoms with E-state index >= 15 is 0 Å². The minimum absolute atomic E-state index is 0.221. The lowest BCUT2D eigenvalue weighted by molar-refractivity contribution is -0.136. The zero-order chi connectivity index (χ0) is 20.4. The van der Waals surface area contributed by atoms with Gasteiger partial charge < -0.3 is 10.4 Å². The summed E-state index contributed by atoms with van der Waals surface area (Å²) in [6.07, 6.45) is 0.473. The van der Waals surface area contributed by atoms with E-state index in [1.165, 1.54) is 12.1 Å². The SMILES string of the molecule is CCc1c(C)nc(-c2cc(Br)c(C)s2)nc1Nc1ccc(CC(=O)O)cc1F. The van der Waals surface area contributed by atoms with Gasteiger partial charge in [0.25, 0.3) is 0 Å². The standard InChI is InChI=1S/C20H19BrFN3O2S/c1-4-13-10(2)23-20(17-9-14(21)11(3)28-17)25-19(13)24-16-6-5-12(7-15(16)22)8-18(26)27/h5-7,9H,4,8H2,1-3H3,(H,26,27)(H,23,24,25). The number of thiophene rings is 1. The Morgan fingerprint density at radius 3 is 2.61 bits per heavy atom. The lowest BCUT2D eigenvalue weighted by atomic mass is 10.1. The van der Waals surface area contributed by atoms with Gasteiger partial charge in [-0.15, -0.1) is 11.3 Å². The molecule has 146 valence electrons. The molecule has 0 spiro atoms. The van der Waals surface area contributed by atoms with Crippen LogP contribution in [0.1, 0.15) is 28.6 Å². The molecule has 0 bridgehead atoms. The van der Waals surface area contributed by atoms with Crippen LogP contribution in [-0.4, -0.2) is 21.0 Å². The summed E-state index contributed by atoms with van der Waals surface area (Å²) in [6.45, 7) is 5.92. The van der Waals surface area contributed by atoms with Crippen LogP contribution in [0.3, 0.4) is 0 Å². The maximum atomic E-state index is 14.5. The molecule has 0 radical (unpaired) electrons. The van der Waals surface area contributed by atoms with Gasteiger partial charge in [0.1, 0.15) is 11.6 Å². The zero-order valence-electron chi connectivity index (χ0n) is 15.6. The number of carbonyl (C=O) groups is 1. The molecule has 0 atom stereocenters. The van der Waals surface area contributed by atoms with Crippen molar-refractivity contribution in [2.24, 2.45) is 0 Å². The molecule has 28 heavy (non-hydrogen) atoms. The summed E-state index contributed by atoms with van der Waals surface area (Å²) in [7, 11) is 0. The maximum Gasteiger partial charge on any atom is 0.307 e. The van der Waals surface area contributed by atoms with E-state index in [4.69, 9.17) is 5.11 Å². The number of rotatable bonds is 6. The van der Waals surface area contributed by atoms with Gasteiger partial charge in [0.2, 0.25) is 0 Å². The number of carboxylic acid groups (broad SMARTS) is 1. The fourth-order valence-corrected chi connectivity index (χ4v) is 4.34. The van der Waals surface area contributed by atoms with E-state index in [-0.39, 0.29) is 12.1 Å². The molecule has 2 heterocycles. The first-order valence-electron chi connectivity index (χ1n) is 8.69. The van der Waals surface area contributed by atoms with Crippen LogP contribution in [0, 0.1) is 19.7 Å². The third-order valence-corrected chi connectivity index (χ3v) is 6.42. The van der Waals surface area contributed by atoms with Crippen molar-refractivity contribution in [1.82, 2.24) is 9.97 Å². The Morgan fingerprint density at radius 1 is 1.29 bits per heavy atom. The molecule has 0 amide bonds. The first-order valence-corrected chi connectivity index (χ1v) is 10.3. The quantitative estimate of drug-likeness (QED) is 0.493. The van der Waals surface area contributed by atoms with Crippen molar-refractivity contribution < 1.29 is 14.3 Å². The molecule has 2 N–H and O–H groups in total. The molecular weight excluding hydrogens is 445 g/mol. The Labute approximate surface area is 174 Å². The molecule has 8 heteroatoms. The van der Waals surface area contributed by atoms with Crippen molar-refractivity contribution in [1.29, 1.82) is 0 Å².